The van der Waals surface area contributed by atoms with Crippen LogP contribution in [0.3, 0.4) is 0 Å². The fourth-order valence-electron chi connectivity index (χ4n) is 2.06. The molecule has 0 radical (unpaired) electrons. The number of rotatable bonds is 4. The van der Waals surface area contributed by atoms with Crippen LogP contribution in [0.2, 0.25) is 0 Å². The van der Waals surface area contributed by atoms with Crippen LogP contribution in [0.1, 0.15) is 23.2 Å². The SMILES string of the molecule is Cl.O=C(NCC1CCCN1)c1cc(Br)cc([N+](=O)[O-])c1. The molecule has 1 heterocycles. The lowest BCUT2D eigenvalue weighted by molar-refractivity contribution is -0.385. The number of non-ortho nitro benzene ring substituents is 1. The van der Waals surface area contributed by atoms with Gasteiger partial charge in [-0.2, -0.15) is 0 Å². The van der Waals surface area contributed by atoms with E-state index in [1.807, 2.05) is 0 Å². The predicted octanol–water partition coefficient (Wildman–Crippen LogP) is 2.26. The molecule has 0 aromatic heterocycles. The molecule has 0 saturated carbocycles. The third kappa shape index (κ3) is 4.43. The third-order valence-corrected chi connectivity index (χ3v) is 3.48. The van der Waals surface area contributed by atoms with Gasteiger partial charge in [-0.1, -0.05) is 15.9 Å². The molecule has 1 amide bonds. The van der Waals surface area contributed by atoms with Crippen molar-refractivity contribution < 1.29 is 9.72 Å². The summed E-state index contributed by atoms with van der Waals surface area (Å²) in [5, 5.41) is 16.8. The summed E-state index contributed by atoms with van der Waals surface area (Å²) < 4.78 is 0.519. The summed E-state index contributed by atoms with van der Waals surface area (Å²) in [7, 11) is 0. The van der Waals surface area contributed by atoms with Crippen LogP contribution in [0.5, 0.6) is 0 Å². The van der Waals surface area contributed by atoms with Crippen molar-refractivity contribution in [2.45, 2.75) is 18.9 Å². The highest BCUT2D eigenvalue weighted by molar-refractivity contribution is 9.10. The van der Waals surface area contributed by atoms with E-state index in [9.17, 15) is 14.9 Å². The number of halogens is 2. The van der Waals surface area contributed by atoms with Crippen molar-refractivity contribution in [2.75, 3.05) is 13.1 Å². The molecule has 1 saturated heterocycles. The van der Waals surface area contributed by atoms with Gasteiger partial charge in [-0.15, -0.1) is 12.4 Å². The summed E-state index contributed by atoms with van der Waals surface area (Å²) in [5.41, 5.74) is 0.192. The zero-order chi connectivity index (χ0) is 13.8. The first-order valence-corrected chi connectivity index (χ1v) is 6.82. The minimum Gasteiger partial charge on any atom is -0.350 e. The van der Waals surface area contributed by atoms with Gasteiger partial charge in [0.1, 0.15) is 0 Å². The summed E-state index contributed by atoms with van der Waals surface area (Å²) >= 11 is 3.17. The fourth-order valence-corrected chi connectivity index (χ4v) is 2.54. The van der Waals surface area contributed by atoms with Crippen molar-refractivity contribution in [3.8, 4) is 0 Å². The van der Waals surface area contributed by atoms with Gasteiger partial charge in [0.15, 0.2) is 0 Å². The second kappa shape index (κ2) is 7.56. The van der Waals surface area contributed by atoms with Crippen LogP contribution >= 0.6 is 28.3 Å². The van der Waals surface area contributed by atoms with Crippen LogP contribution < -0.4 is 10.6 Å². The highest BCUT2D eigenvalue weighted by atomic mass is 79.9. The third-order valence-electron chi connectivity index (χ3n) is 3.03. The van der Waals surface area contributed by atoms with Gasteiger partial charge in [0.2, 0.25) is 0 Å². The molecule has 1 unspecified atom stereocenters. The Bertz CT molecular complexity index is 507. The first-order chi connectivity index (χ1) is 9.06. The average molecular weight is 365 g/mol. The molecule has 1 aromatic carbocycles. The molecule has 1 aliphatic heterocycles. The second-order valence-electron chi connectivity index (χ2n) is 4.46. The van der Waals surface area contributed by atoms with Crippen molar-refractivity contribution in [1.82, 2.24) is 10.6 Å². The summed E-state index contributed by atoms with van der Waals surface area (Å²) in [6.45, 7) is 1.52. The number of hydrogen-bond donors (Lipinski definition) is 2. The van der Waals surface area contributed by atoms with Gasteiger partial charge in [-0.25, -0.2) is 0 Å². The normalized spacial score (nSPS) is 17.4. The number of nitro groups is 1. The molecule has 0 aliphatic carbocycles. The van der Waals surface area contributed by atoms with Crippen molar-refractivity contribution in [3.05, 3.63) is 38.3 Å². The highest BCUT2D eigenvalue weighted by Gasteiger charge is 2.17. The maximum atomic E-state index is 11.9. The van der Waals surface area contributed by atoms with Crippen LogP contribution in [0, 0.1) is 10.1 Å². The molecule has 8 heteroatoms. The maximum Gasteiger partial charge on any atom is 0.271 e. The Morgan fingerprint density at radius 3 is 2.85 bits per heavy atom. The number of carbonyl (C=O) groups is 1. The fraction of sp³-hybridized carbons (Fsp3) is 0.417. The van der Waals surface area contributed by atoms with Crippen molar-refractivity contribution in [1.29, 1.82) is 0 Å². The minimum absolute atomic E-state index is 0. The van der Waals surface area contributed by atoms with Gasteiger partial charge in [-0.05, 0) is 25.5 Å². The highest BCUT2D eigenvalue weighted by Crippen LogP contribution is 2.21. The van der Waals surface area contributed by atoms with Crippen molar-refractivity contribution in [3.63, 3.8) is 0 Å². The lowest BCUT2D eigenvalue weighted by Crippen LogP contribution is -2.37. The van der Waals surface area contributed by atoms with Crippen molar-refractivity contribution in [2.24, 2.45) is 0 Å². The van der Waals surface area contributed by atoms with Crippen LogP contribution in [-0.2, 0) is 0 Å². The van der Waals surface area contributed by atoms with Gasteiger partial charge < -0.3 is 10.6 Å². The molecule has 1 fully saturated rings. The Morgan fingerprint density at radius 2 is 2.25 bits per heavy atom. The number of hydrogen-bond acceptors (Lipinski definition) is 4. The second-order valence-corrected chi connectivity index (χ2v) is 5.37. The zero-order valence-corrected chi connectivity index (χ0v) is 13.0. The van der Waals surface area contributed by atoms with E-state index in [2.05, 4.69) is 26.6 Å². The lowest BCUT2D eigenvalue weighted by Gasteiger charge is -2.11. The smallest absolute Gasteiger partial charge is 0.271 e. The first-order valence-electron chi connectivity index (χ1n) is 6.03. The summed E-state index contributed by atoms with van der Waals surface area (Å²) in [5.74, 6) is -0.293. The molecule has 110 valence electrons. The Labute approximate surface area is 131 Å². The summed E-state index contributed by atoms with van der Waals surface area (Å²) in [6.07, 6.45) is 2.15. The van der Waals surface area contributed by atoms with E-state index < -0.39 is 4.92 Å². The standard InChI is InChI=1S/C12H14BrN3O3.ClH/c13-9-4-8(5-11(6-9)16(18)19)12(17)15-7-10-2-1-3-14-10;/h4-6,10,14H,1-3,7H2,(H,15,17);1H. The molecule has 0 bridgehead atoms. The van der Waals surface area contributed by atoms with Crippen LogP contribution in [0.25, 0.3) is 0 Å². The maximum absolute atomic E-state index is 11.9. The van der Waals surface area contributed by atoms with Crippen LogP contribution in [-0.4, -0.2) is 30.0 Å². The molecule has 20 heavy (non-hydrogen) atoms. The first kappa shape index (κ1) is 16.9. The summed E-state index contributed by atoms with van der Waals surface area (Å²) in [6, 6.07) is 4.52. The number of benzene rings is 1. The van der Waals surface area contributed by atoms with E-state index in [1.165, 1.54) is 12.1 Å². The summed E-state index contributed by atoms with van der Waals surface area (Å²) in [4.78, 5) is 22.2. The van der Waals surface area contributed by atoms with Gasteiger partial charge >= 0.3 is 0 Å². The largest absolute Gasteiger partial charge is 0.350 e. The average Bonchev–Trinajstić information content (AvgIpc) is 2.88. The molecular weight excluding hydrogens is 350 g/mol. The van der Waals surface area contributed by atoms with Gasteiger partial charge in [0.25, 0.3) is 11.6 Å². The molecule has 1 atom stereocenters. The lowest BCUT2D eigenvalue weighted by atomic mass is 10.1. The monoisotopic (exact) mass is 363 g/mol. The van der Waals surface area contributed by atoms with Gasteiger partial charge in [-0.3, -0.25) is 14.9 Å². The van der Waals surface area contributed by atoms with E-state index in [4.69, 9.17) is 0 Å². The molecule has 2 rings (SSSR count). The number of amides is 1. The molecular formula is C12H15BrClN3O3. The Balaban J connectivity index is 0.00000200. The van der Waals surface area contributed by atoms with E-state index >= 15 is 0 Å². The molecule has 6 nitrogen and oxygen atoms in total. The number of nitrogens with zero attached hydrogens (tertiary/aromatic N) is 1. The van der Waals surface area contributed by atoms with Gasteiger partial charge in [0, 0.05) is 34.8 Å². The molecule has 2 N–H and O–H groups in total. The van der Waals surface area contributed by atoms with Crippen LogP contribution in [0.15, 0.2) is 22.7 Å². The molecule has 1 aromatic rings. The van der Waals surface area contributed by atoms with E-state index in [0.29, 0.717) is 22.6 Å². The zero-order valence-electron chi connectivity index (χ0n) is 10.6. The number of nitrogens with one attached hydrogen (secondary N) is 2. The van der Waals surface area contributed by atoms with Crippen molar-refractivity contribution >= 4 is 39.9 Å². The Hall–Kier alpha value is -1.18. The topological polar surface area (TPSA) is 84.3 Å². The number of carbonyl (C=O) groups excluding carboxylic acids is 1. The number of nitro benzene ring substituents is 1. The quantitative estimate of drug-likeness (QED) is 0.634. The van der Waals surface area contributed by atoms with E-state index in [0.717, 1.165) is 19.4 Å². The van der Waals surface area contributed by atoms with Gasteiger partial charge in [0.05, 0.1) is 4.92 Å². The minimum atomic E-state index is -0.514. The molecule has 0 spiro atoms. The Kier molecular flexibility index (Phi) is 6.38. The van der Waals surface area contributed by atoms with E-state index in [1.54, 1.807) is 6.07 Å². The predicted molar refractivity (Wildman–Crippen MR) is 81.4 cm³/mol. The molecule has 1 aliphatic rings. The Morgan fingerprint density at radius 1 is 1.50 bits per heavy atom. The van der Waals surface area contributed by atoms with Crippen LogP contribution in [0.4, 0.5) is 5.69 Å². The van der Waals surface area contributed by atoms with E-state index in [-0.39, 0.29) is 24.0 Å².